The SMILES string of the molecule is NC[C@@H]1CCCc2cn[nH]c2C1. The largest absolute Gasteiger partial charge is 0.330 e. The fourth-order valence-corrected chi connectivity index (χ4v) is 1.90. The fraction of sp³-hybridized carbons (Fsp3) is 0.667. The topological polar surface area (TPSA) is 54.7 Å². The van der Waals surface area contributed by atoms with Gasteiger partial charge in [-0.05, 0) is 43.7 Å². The molecule has 0 amide bonds. The molecule has 0 radical (unpaired) electrons. The lowest BCUT2D eigenvalue weighted by atomic mass is 10.0. The van der Waals surface area contributed by atoms with Gasteiger partial charge in [-0.3, -0.25) is 5.10 Å². The van der Waals surface area contributed by atoms with Gasteiger partial charge in [0.2, 0.25) is 0 Å². The quantitative estimate of drug-likeness (QED) is 0.606. The number of hydrogen-bond acceptors (Lipinski definition) is 2. The molecule has 2 rings (SSSR count). The number of H-pyrrole nitrogens is 1. The molecular weight excluding hydrogens is 150 g/mol. The number of aromatic amines is 1. The molecule has 3 nitrogen and oxygen atoms in total. The standard InChI is InChI=1S/C9H15N3/c10-5-7-2-1-3-8-6-11-12-9(8)4-7/h6-7H,1-5,10H2,(H,11,12)/t7-/m1/s1. The molecule has 0 saturated carbocycles. The van der Waals surface area contributed by atoms with E-state index in [9.17, 15) is 0 Å². The monoisotopic (exact) mass is 165 g/mol. The van der Waals surface area contributed by atoms with Gasteiger partial charge in [0.1, 0.15) is 0 Å². The number of aryl methyl sites for hydroxylation is 1. The van der Waals surface area contributed by atoms with Gasteiger partial charge in [0.05, 0.1) is 6.20 Å². The van der Waals surface area contributed by atoms with Crippen LogP contribution in [-0.2, 0) is 12.8 Å². The Kier molecular flexibility index (Phi) is 2.13. The van der Waals surface area contributed by atoms with Gasteiger partial charge in [-0.1, -0.05) is 0 Å². The molecule has 0 spiro atoms. The Labute approximate surface area is 72.4 Å². The molecule has 0 aliphatic heterocycles. The van der Waals surface area contributed by atoms with Crippen molar-refractivity contribution in [1.29, 1.82) is 0 Å². The minimum absolute atomic E-state index is 0.659. The van der Waals surface area contributed by atoms with Crippen LogP contribution in [0, 0.1) is 5.92 Å². The third kappa shape index (κ3) is 1.37. The molecule has 1 heterocycles. The number of nitrogens with two attached hydrogens (primary N) is 1. The zero-order valence-electron chi connectivity index (χ0n) is 7.21. The predicted octanol–water partition coefficient (Wildman–Crippen LogP) is 0.863. The zero-order valence-corrected chi connectivity index (χ0v) is 7.21. The summed E-state index contributed by atoms with van der Waals surface area (Å²) in [5.74, 6) is 0.659. The van der Waals surface area contributed by atoms with Crippen LogP contribution in [-0.4, -0.2) is 16.7 Å². The minimum Gasteiger partial charge on any atom is -0.330 e. The molecule has 1 aromatic rings. The van der Waals surface area contributed by atoms with Gasteiger partial charge in [-0.15, -0.1) is 0 Å². The maximum atomic E-state index is 5.66. The number of rotatable bonds is 1. The maximum absolute atomic E-state index is 5.66. The van der Waals surface area contributed by atoms with Crippen molar-refractivity contribution >= 4 is 0 Å². The summed E-state index contributed by atoms with van der Waals surface area (Å²) in [7, 11) is 0. The van der Waals surface area contributed by atoms with E-state index in [1.165, 1.54) is 30.5 Å². The van der Waals surface area contributed by atoms with Crippen LogP contribution in [0.5, 0.6) is 0 Å². The second kappa shape index (κ2) is 3.27. The van der Waals surface area contributed by atoms with Crippen molar-refractivity contribution in [2.45, 2.75) is 25.7 Å². The highest BCUT2D eigenvalue weighted by molar-refractivity contribution is 5.18. The van der Waals surface area contributed by atoms with Crippen LogP contribution in [0.25, 0.3) is 0 Å². The van der Waals surface area contributed by atoms with Gasteiger partial charge < -0.3 is 5.73 Å². The Morgan fingerprint density at radius 2 is 2.58 bits per heavy atom. The highest BCUT2D eigenvalue weighted by Gasteiger charge is 2.16. The second-order valence-corrected chi connectivity index (χ2v) is 3.57. The zero-order chi connectivity index (χ0) is 8.39. The second-order valence-electron chi connectivity index (χ2n) is 3.57. The van der Waals surface area contributed by atoms with Crippen LogP contribution in [0.2, 0.25) is 0 Å². The van der Waals surface area contributed by atoms with E-state index in [0.29, 0.717) is 5.92 Å². The number of nitrogens with zero attached hydrogens (tertiary/aromatic N) is 1. The molecule has 1 aliphatic rings. The van der Waals surface area contributed by atoms with E-state index >= 15 is 0 Å². The van der Waals surface area contributed by atoms with E-state index in [-0.39, 0.29) is 0 Å². The van der Waals surface area contributed by atoms with E-state index in [2.05, 4.69) is 10.2 Å². The first kappa shape index (κ1) is 7.80. The summed E-state index contributed by atoms with van der Waals surface area (Å²) >= 11 is 0. The van der Waals surface area contributed by atoms with Crippen molar-refractivity contribution in [1.82, 2.24) is 10.2 Å². The Balaban J connectivity index is 2.18. The Morgan fingerprint density at radius 3 is 3.42 bits per heavy atom. The summed E-state index contributed by atoms with van der Waals surface area (Å²) in [5.41, 5.74) is 8.37. The molecule has 12 heavy (non-hydrogen) atoms. The molecule has 1 atom stereocenters. The van der Waals surface area contributed by atoms with Crippen molar-refractivity contribution in [3.8, 4) is 0 Å². The third-order valence-corrected chi connectivity index (χ3v) is 2.69. The van der Waals surface area contributed by atoms with Crippen molar-refractivity contribution in [3.05, 3.63) is 17.5 Å². The molecule has 1 aromatic heterocycles. The van der Waals surface area contributed by atoms with E-state index in [1.54, 1.807) is 0 Å². The Hall–Kier alpha value is -0.830. The molecular formula is C9H15N3. The van der Waals surface area contributed by atoms with Crippen LogP contribution in [0.4, 0.5) is 0 Å². The number of hydrogen-bond donors (Lipinski definition) is 2. The number of aromatic nitrogens is 2. The van der Waals surface area contributed by atoms with E-state index in [1.807, 2.05) is 6.20 Å². The van der Waals surface area contributed by atoms with Gasteiger partial charge in [-0.25, -0.2) is 0 Å². The molecule has 0 aromatic carbocycles. The highest BCUT2D eigenvalue weighted by Crippen LogP contribution is 2.21. The van der Waals surface area contributed by atoms with Crippen molar-refractivity contribution < 1.29 is 0 Å². The molecule has 66 valence electrons. The van der Waals surface area contributed by atoms with Crippen LogP contribution >= 0.6 is 0 Å². The average Bonchev–Trinajstić information content (AvgIpc) is 2.43. The summed E-state index contributed by atoms with van der Waals surface area (Å²) in [6, 6.07) is 0. The third-order valence-electron chi connectivity index (χ3n) is 2.69. The van der Waals surface area contributed by atoms with Crippen molar-refractivity contribution in [2.75, 3.05) is 6.54 Å². The molecule has 3 N–H and O–H groups in total. The fourth-order valence-electron chi connectivity index (χ4n) is 1.90. The molecule has 0 saturated heterocycles. The van der Waals surface area contributed by atoms with Gasteiger partial charge in [0.15, 0.2) is 0 Å². The first-order chi connectivity index (χ1) is 5.90. The summed E-state index contributed by atoms with van der Waals surface area (Å²) in [6.45, 7) is 0.804. The number of fused-ring (bicyclic) bond motifs is 1. The van der Waals surface area contributed by atoms with Gasteiger partial charge in [0, 0.05) is 5.69 Å². The molecule has 0 bridgehead atoms. The van der Waals surface area contributed by atoms with E-state index in [0.717, 1.165) is 13.0 Å². The predicted molar refractivity (Wildman–Crippen MR) is 47.8 cm³/mol. The summed E-state index contributed by atoms with van der Waals surface area (Å²) in [5, 5.41) is 7.10. The maximum Gasteiger partial charge on any atom is 0.0522 e. The molecule has 0 unspecified atom stereocenters. The average molecular weight is 165 g/mol. The van der Waals surface area contributed by atoms with Crippen molar-refractivity contribution in [3.63, 3.8) is 0 Å². The van der Waals surface area contributed by atoms with Crippen LogP contribution in [0.1, 0.15) is 24.1 Å². The normalized spacial score (nSPS) is 23.2. The van der Waals surface area contributed by atoms with Crippen LogP contribution in [0.3, 0.4) is 0 Å². The molecule has 1 aliphatic carbocycles. The minimum atomic E-state index is 0.659. The van der Waals surface area contributed by atoms with E-state index in [4.69, 9.17) is 5.73 Å². The van der Waals surface area contributed by atoms with Crippen molar-refractivity contribution in [2.24, 2.45) is 11.7 Å². The smallest absolute Gasteiger partial charge is 0.0522 e. The lowest BCUT2D eigenvalue weighted by Gasteiger charge is -2.09. The lowest BCUT2D eigenvalue weighted by Crippen LogP contribution is -2.16. The first-order valence-corrected chi connectivity index (χ1v) is 4.61. The van der Waals surface area contributed by atoms with E-state index < -0.39 is 0 Å². The summed E-state index contributed by atoms with van der Waals surface area (Å²) in [6.07, 6.45) is 6.73. The summed E-state index contributed by atoms with van der Waals surface area (Å²) in [4.78, 5) is 0. The van der Waals surface area contributed by atoms with Crippen LogP contribution < -0.4 is 5.73 Å². The molecule has 3 heteroatoms. The molecule has 0 fully saturated rings. The Morgan fingerprint density at radius 1 is 1.67 bits per heavy atom. The highest BCUT2D eigenvalue weighted by atomic mass is 15.1. The summed E-state index contributed by atoms with van der Waals surface area (Å²) < 4.78 is 0. The first-order valence-electron chi connectivity index (χ1n) is 4.61. The number of nitrogens with one attached hydrogen (secondary N) is 1. The lowest BCUT2D eigenvalue weighted by molar-refractivity contribution is 0.486. The van der Waals surface area contributed by atoms with Crippen LogP contribution in [0.15, 0.2) is 6.20 Å². The van der Waals surface area contributed by atoms with Gasteiger partial charge >= 0.3 is 0 Å². The Bertz CT molecular complexity index is 254. The van der Waals surface area contributed by atoms with Gasteiger partial charge in [0.25, 0.3) is 0 Å². The van der Waals surface area contributed by atoms with Gasteiger partial charge in [-0.2, -0.15) is 5.10 Å².